The minimum absolute atomic E-state index is 0.284. The van der Waals surface area contributed by atoms with Crippen LogP contribution in [0.4, 0.5) is 4.39 Å². The molecular formula is C15H10BrFOS. The van der Waals surface area contributed by atoms with Crippen LogP contribution in [0.25, 0.3) is 10.1 Å². The lowest BCUT2D eigenvalue weighted by Gasteiger charge is -2.06. The summed E-state index contributed by atoms with van der Waals surface area (Å²) in [5, 5.41) is 3.32. The summed E-state index contributed by atoms with van der Waals surface area (Å²) in [6.07, 6.45) is 0. The van der Waals surface area contributed by atoms with Crippen molar-refractivity contribution in [1.82, 2.24) is 0 Å². The molecule has 0 unspecified atom stereocenters. The average Bonchev–Trinajstić information content (AvgIpc) is 2.83. The maximum Gasteiger partial charge on any atom is 0.137 e. The van der Waals surface area contributed by atoms with E-state index >= 15 is 0 Å². The van der Waals surface area contributed by atoms with Crippen molar-refractivity contribution < 1.29 is 9.13 Å². The van der Waals surface area contributed by atoms with Gasteiger partial charge in [0.2, 0.25) is 0 Å². The SMILES string of the molecule is Fc1ccc(OCc2csc3ccccc23)cc1Br. The molecule has 4 heteroatoms. The molecule has 0 radical (unpaired) electrons. The van der Waals surface area contributed by atoms with Crippen molar-refractivity contribution in [3.63, 3.8) is 0 Å². The zero-order valence-electron chi connectivity index (χ0n) is 9.90. The number of rotatable bonds is 3. The molecule has 0 spiro atoms. The summed E-state index contributed by atoms with van der Waals surface area (Å²) in [4.78, 5) is 0. The van der Waals surface area contributed by atoms with Crippen molar-refractivity contribution in [3.05, 3.63) is 63.7 Å². The highest BCUT2D eigenvalue weighted by molar-refractivity contribution is 9.10. The molecule has 0 bridgehead atoms. The minimum atomic E-state index is -0.284. The van der Waals surface area contributed by atoms with Crippen LogP contribution in [0.5, 0.6) is 5.75 Å². The van der Waals surface area contributed by atoms with Crippen molar-refractivity contribution in [2.45, 2.75) is 6.61 Å². The molecule has 0 amide bonds. The maximum atomic E-state index is 13.1. The van der Waals surface area contributed by atoms with E-state index in [2.05, 4.69) is 33.4 Å². The van der Waals surface area contributed by atoms with Gasteiger partial charge in [-0.05, 0) is 51.0 Å². The van der Waals surface area contributed by atoms with Gasteiger partial charge in [0.05, 0.1) is 4.47 Å². The third kappa shape index (κ3) is 2.65. The van der Waals surface area contributed by atoms with Gasteiger partial charge in [-0.3, -0.25) is 0 Å². The van der Waals surface area contributed by atoms with Crippen molar-refractivity contribution in [1.29, 1.82) is 0 Å². The van der Waals surface area contributed by atoms with Crippen molar-refractivity contribution >= 4 is 37.4 Å². The fourth-order valence-corrected chi connectivity index (χ4v) is 3.18. The third-order valence-corrected chi connectivity index (χ3v) is 4.47. The molecule has 1 aromatic heterocycles. The lowest BCUT2D eigenvalue weighted by molar-refractivity contribution is 0.307. The molecule has 1 heterocycles. The van der Waals surface area contributed by atoms with E-state index in [1.807, 2.05) is 12.1 Å². The molecule has 1 nitrogen and oxygen atoms in total. The van der Waals surface area contributed by atoms with Crippen LogP contribution in [0.1, 0.15) is 5.56 Å². The number of halogens is 2. The van der Waals surface area contributed by atoms with Gasteiger partial charge in [0.15, 0.2) is 0 Å². The summed E-state index contributed by atoms with van der Waals surface area (Å²) in [7, 11) is 0. The fourth-order valence-electron chi connectivity index (χ4n) is 1.87. The second kappa shape index (κ2) is 5.31. The van der Waals surface area contributed by atoms with E-state index in [0.29, 0.717) is 16.8 Å². The molecule has 0 aliphatic heterocycles. The first-order chi connectivity index (χ1) is 9.24. The summed E-state index contributed by atoms with van der Waals surface area (Å²) in [5.41, 5.74) is 1.15. The Hall–Kier alpha value is -1.39. The largest absolute Gasteiger partial charge is 0.489 e. The van der Waals surface area contributed by atoms with Gasteiger partial charge in [0.1, 0.15) is 18.2 Å². The topological polar surface area (TPSA) is 9.23 Å². The van der Waals surface area contributed by atoms with Crippen LogP contribution in [0.15, 0.2) is 52.3 Å². The Bertz CT molecular complexity index is 723. The molecule has 3 rings (SSSR count). The highest BCUT2D eigenvalue weighted by atomic mass is 79.9. The third-order valence-electron chi connectivity index (χ3n) is 2.85. The van der Waals surface area contributed by atoms with Crippen LogP contribution < -0.4 is 4.74 Å². The number of hydrogen-bond acceptors (Lipinski definition) is 2. The number of ether oxygens (including phenoxy) is 1. The van der Waals surface area contributed by atoms with Gasteiger partial charge in [-0.15, -0.1) is 11.3 Å². The molecule has 0 atom stereocenters. The number of hydrogen-bond donors (Lipinski definition) is 0. The molecule has 2 aromatic carbocycles. The Morgan fingerprint density at radius 1 is 1.16 bits per heavy atom. The Morgan fingerprint density at radius 3 is 2.84 bits per heavy atom. The Labute approximate surface area is 122 Å². The first-order valence-electron chi connectivity index (χ1n) is 5.77. The lowest BCUT2D eigenvalue weighted by Crippen LogP contribution is -1.94. The van der Waals surface area contributed by atoms with Gasteiger partial charge < -0.3 is 4.74 Å². The second-order valence-electron chi connectivity index (χ2n) is 4.12. The molecule has 0 aliphatic rings. The normalized spacial score (nSPS) is 10.8. The summed E-state index contributed by atoms with van der Waals surface area (Å²) in [6, 6.07) is 12.9. The molecule has 0 saturated heterocycles. The van der Waals surface area contributed by atoms with E-state index in [1.54, 1.807) is 23.5 Å². The quantitative estimate of drug-likeness (QED) is 0.623. The van der Waals surface area contributed by atoms with Crippen LogP contribution in [0.2, 0.25) is 0 Å². The van der Waals surface area contributed by atoms with Crippen LogP contribution in [0, 0.1) is 5.82 Å². The van der Waals surface area contributed by atoms with Gasteiger partial charge >= 0.3 is 0 Å². The Kier molecular flexibility index (Phi) is 3.53. The summed E-state index contributed by atoms with van der Waals surface area (Å²) in [6.45, 7) is 0.488. The molecular weight excluding hydrogens is 327 g/mol. The lowest BCUT2D eigenvalue weighted by atomic mass is 10.2. The first kappa shape index (κ1) is 12.6. The van der Waals surface area contributed by atoms with Gasteiger partial charge in [-0.2, -0.15) is 0 Å². The zero-order valence-corrected chi connectivity index (χ0v) is 12.3. The van der Waals surface area contributed by atoms with Crippen molar-refractivity contribution in [3.8, 4) is 5.75 Å². The van der Waals surface area contributed by atoms with Crippen molar-refractivity contribution in [2.75, 3.05) is 0 Å². The van der Waals surface area contributed by atoms with E-state index < -0.39 is 0 Å². The molecule has 19 heavy (non-hydrogen) atoms. The summed E-state index contributed by atoms with van der Waals surface area (Å²) in [5.74, 6) is 0.372. The van der Waals surface area contributed by atoms with Crippen LogP contribution in [-0.2, 0) is 6.61 Å². The maximum absolute atomic E-state index is 13.1. The number of thiophene rings is 1. The summed E-state index contributed by atoms with van der Waals surface area (Å²) < 4.78 is 20.5. The minimum Gasteiger partial charge on any atom is -0.489 e. The monoisotopic (exact) mass is 336 g/mol. The van der Waals surface area contributed by atoms with E-state index in [4.69, 9.17) is 4.74 Å². The van der Waals surface area contributed by atoms with E-state index in [1.165, 1.54) is 16.2 Å². The molecule has 0 saturated carbocycles. The van der Waals surface area contributed by atoms with Crippen molar-refractivity contribution in [2.24, 2.45) is 0 Å². The van der Waals surface area contributed by atoms with Crippen LogP contribution in [-0.4, -0.2) is 0 Å². The smallest absolute Gasteiger partial charge is 0.137 e. The first-order valence-corrected chi connectivity index (χ1v) is 7.44. The van der Waals surface area contributed by atoms with Gasteiger partial charge in [-0.1, -0.05) is 18.2 Å². The Morgan fingerprint density at radius 2 is 2.00 bits per heavy atom. The zero-order chi connectivity index (χ0) is 13.2. The second-order valence-corrected chi connectivity index (χ2v) is 5.89. The van der Waals surface area contributed by atoms with Gasteiger partial charge in [0, 0.05) is 10.3 Å². The predicted octanol–water partition coefficient (Wildman–Crippen LogP) is 5.38. The van der Waals surface area contributed by atoms with E-state index in [-0.39, 0.29) is 5.82 Å². The Balaban J connectivity index is 1.80. The number of fused-ring (bicyclic) bond motifs is 1. The highest BCUT2D eigenvalue weighted by Crippen LogP contribution is 2.27. The van der Waals surface area contributed by atoms with E-state index in [9.17, 15) is 4.39 Å². The van der Waals surface area contributed by atoms with Gasteiger partial charge in [-0.25, -0.2) is 4.39 Å². The number of benzene rings is 2. The van der Waals surface area contributed by atoms with Crippen LogP contribution in [0.3, 0.4) is 0 Å². The molecule has 3 aromatic rings. The summed E-state index contributed by atoms with van der Waals surface area (Å²) >= 11 is 4.86. The van der Waals surface area contributed by atoms with Gasteiger partial charge in [0.25, 0.3) is 0 Å². The highest BCUT2D eigenvalue weighted by Gasteiger charge is 2.05. The molecule has 0 aliphatic carbocycles. The van der Waals surface area contributed by atoms with Crippen LogP contribution >= 0.6 is 27.3 Å². The standard InChI is InChI=1S/C15H10BrFOS/c16-13-7-11(5-6-14(13)17)18-8-10-9-19-15-4-2-1-3-12(10)15/h1-7,9H,8H2. The fraction of sp³-hybridized carbons (Fsp3) is 0.0667. The predicted molar refractivity (Wildman–Crippen MR) is 80.3 cm³/mol. The average molecular weight is 337 g/mol. The van der Waals surface area contributed by atoms with E-state index in [0.717, 1.165) is 5.56 Å². The molecule has 0 fully saturated rings. The molecule has 96 valence electrons. The molecule has 0 N–H and O–H groups in total.